The first kappa shape index (κ1) is 16.3. The number of hydrogen-bond acceptors (Lipinski definition) is 4. The van der Waals surface area contributed by atoms with E-state index in [9.17, 15) is 14.7 Å². The Morgan fingerprint density at radius 3 is 2.48 bits per heavy atom. The van der Waals surface area contributed by atoms with Gasteiger partial charge >= 0.3 is 5.97 Å². The third-order valence-corrected chi connectivity index (χ3v) is 3.01. The highest BCUT2D eigenvalue weighted by Gasteiger charge is 2.06. The standard InChI is InChI=1S/C18H17NO4/c1-2-23-18(22)14-7-10-15(11-8-14)19-17(21)12-9-13-5-3-4-6-16(13)20/h3-12,20H,2H2,1H3,(H,19,21). The lowest BCUT2D eigenvalue weighted by atomic mass is 10.2. The first-order chi connectivity index (χ1) is 11.1. The third-order valence-electron chi connectivity index (χ3n) is 3.01. The van der Waals surface area contributed by atoms with E-state index in [1.807, 2.05) is 0 Å². The fourth-order valence-electron chi connectivity index (χ4n) is 1.88. The number of hydrogen-bond donors (Lipinski definition) is 2. The molecule has 1 amide bonds. The number of para-hydroxylation sites is 1. The Morgan fingerprint density at radius 2 is 1.83 bits per heavy atom. The second kappa shape index (κ2) is 7.79. The van der Waals surface area contributed by atoms with Gasteiger partial charge in [0.05, 0.1) is 12.2 Å². The lowest BCUT2D eigenvalue weighted by Crippen LogP contribution is -2.08. The Kier molecular flexibility index (Phi) is 5.52. The Balaban J connectivity index is 1.98. The molecule has 0 aromatic heterocycles. The van der Waals surface area contributed by atoms with Crippen molar-refractivity contribution in [3.63, 3.8) is 0 Å². The molecule has 0 atom stereocenters. The van der Waals surface area contributed by atoms with Gasteiger partial charge in [-0.2, -0.15) is 0 Å². The number of phenolic OH excluding ortho intramolecular Hbond substituents is 1. The SMILES string of the molecule is CCOC(=O)c1ccc(NC(=O)C=Cc2ccccc2O)cc1. The van der Waals surface area contributed by atoms with Gasteiger partial charge in [0, 0.05) is 17.3 Å². The van der Waals surface area contributed by atoms with E-state index in [4.69, 9.17) is 4.74 Å². The van der Waals surface area contributed by atoms with Crippen LogP contribution in [-0.4, -0.2) is 23.6 Å². The highest BCUT2D eigenvalue weighted by molar-refractivity contribution is 6.02. The van der Waals surface area contributed by atoms with Gasteiger partial charge in [-0.3, -0.25) is 4.79 Å². The largest absolute Gasteiger partial charge is 0.507 e. The summed E-state index contributed by atoms with van der Waals surface area (Å²) in [6.45, 7) is 2.05. The summed E-state index contributed by atoms with van der Waals surface area (Å²) < 4.78 is 4.89. The first-order valence-corrected chi connectivity index (χ1v) is 7.14. The molecule has 2 rings (SSSR count). The van der Waals surface area contributed by atoms with Crippen molar-refractivity contribution in [1.29, 1.82) is 0 Å². The maximum Gasteiger partial charge on any atom is 0.338 e. The predicted octanol–water partition coefficient (Wildman–Crippen LogP) is 3.22. The molecule has 0 fully saturated rings. The van der Waals surface area contributed by atoms with Crippen LogP contribution in [0.5, 0.6) is 5.75 Å². The number of aromatic hydroxyl groups is 1. The van der Waals surface area contributed by atoms with Gasteiger partial charge in [-0.05, 0) is 43.3 Å². The number of anilines is 1. The van der Waals surface area contributed by atoms with Crippen molar-refractivity contribution >= 4 is 23.6 Å². The molecule has 5 heteroatoms. The number of esters is 1. The lowest BCUT2D eigenvalue weighted by molar-refractivity contribution is -0.111. The maximum atomic E-state index is 11.8. The molecule has 0 aliphatic heterocycles. The van der Waals surface area contributed by atoms with Crippen molar-refractivity contribution in [2.24, 2.45) is 0 Å². The zero-order chi connectivity index (χ0) is 16.7. The monoisotopic (exact) mass is 311 g/mol. The van der Waals surface area contributed by atoms with Gasteiger partial charge in [0.2, 0.25) is 5.91 Å². The maximum absolute atomic E-state index is 11.8. The van der Waals surface area contributed by atoms with Crippen LogP contribution in [0.25, 0.3) is 6.08 Å². The van der Waals surface area contributed by atoms with Crippen LogP contribution in [0.2, 0.25) is 0 Å². The molecule has 0 radical (unpaired) electrons. The summed E-state index contributed by atoms with van der Waals surface area (Å²) in [6.07, 6.45) is 2.85. The molecular weight excluding hydrogens is 294 g/mol. The van der Waals surface area contributed by atoms with Crippen molar-refractivity contribution in [2.75, 3.05) is 11.9 Å². The van der Waals surface area contributed by atoms with E-state index in [-0.39, 0.29) is 11.7 Å². The molecule has 2 aromatic carbocycles. The molecule has 0 saturated carbocycles. The molecule has 118 valence electrons. The van der Waals surface area contributed by atoms with Crippen LogP contribution in [0.3, 0.4) is 0 Å². The van der Waals surface area contributed by atoms with Crippen LogP contribution in [-0.2, 0) is 9.53 Å². The summed E-state index contributed by atoms with van der Waals surface area (Å²) in [5.41, 5.74) is 1.54. The average molecular weight is 311 g/mol. The number of amides is 1. The number of carbonyl (C=O) groups excluding carboxylic acids is 2. The van der Waals surface area contributed by atoms with E-state index in [1.54, 1.807) is 55.5 Å². The molecule has 2 aromatic rings. The van der Waals surface area contributed by atoms with Gasteiger partial charge < -0.3 is 15.2 Å². The normalized spacial score (nSPS) is 10.5. The van der Waals surface area contributed by atoms with Crippen LogP contribution in [0, 0.1) is 0 Å². The first-order valence-electron chi connectivity index (χ1n) is 7.14. The van der Waals surface area contributed by atoms with Crippen LogP contribution >= 0.6 is 0 Å². The van der Waals surface area contributed by atoms with Gasteiger partial charge in [0.15, 0.2) is 0 Å². The van der Waals surface area contributed by atoms with Crippen molar-refractivity contribution in [3.8, 4) is 5.75 Å². The van der Waals surface area contributed by atoms with Gasteiger partial charge in [0.25, 0.3) is 0 Å². The molecular formula is C18H17NO4. The van der Waals surface area contributed by atoms with Crippen LogP contribution < -0.4 is 5.32 Å². The van der Waals surface area contributed by atoms with Crippen molar-refractivity contribution in [3.05, 3.63) is 65.7 Å². The fourth-order valence-corrected chi connectivity index (χ4v) is 1.88. The lowest BCUT2D eigenvalue weighted by Gasteiger charge is -2.04. The number of ether oxygens (including phenoxy) is 1. The molecule has 0 heterocycles. The van der Waals surface area contributed by atoms with Gasteiger partial charge in [-0.25, -0.2) is 4.79 Å². The summed E-state index contributed by atoms with van der Waals surface area (Å²) in [7, 11) is 0. The number of carbonyl (C=O) groups is 2. The fraction of sp³-hybridized carbons (Fsp3) is 0.111. The number of benzene rings is 2. The quantitative estimate of drug-likeness (QED) is 0.656. The number of phenols is 1. The Hall–Kier alpha value is -3.08. The Labute approximate surface area is 134 Å². The Morgan fingerprint density at radius 1 is 1.13 bits per heavy atom. The summed E-state index contributed by atoms with van der Waals surface area (Å²) in [4.78, 5) is 23.4. The van der Waals surface area contributed by atoms with Crippen LogP contribution in [0.1, 0.15) is 22.8 Å². The third kappa shape index (κ3) is 4.71. The molecule has 23 heavy (non-hydrogen) atoms. The van der Waals surface area contributed by atoms with Gasteiger partial charge in [-0.1, -0.05) is 18.2 Å². The van der Waals surface area contributed by atoms with Gasteiger partial charge in [0.1, 0.15) is 5.75 Å². The smallest absolute Gasteiger partial charge is 0.338 e. The zero-order valence-corrected chi connectivity index (χ0v) is 12.7. The van der Waals surface area contributed by atoms with Crippen molar-refractivity contribution in [2.45, 2.75) is 6.92 Å². The van der Waals surface area contributed by atoms with Crippen molar-refractivity contribution in [1.82, 2.24) is 0 Å². The molecule has 0 saturated heterocycles. The van der Waals surface area contributed by atoms with E-state index < -0.39 is 5.97 Å². The minimum atomic E-state index is -0.398. The second-order valence-corrected chi connectivity index (χ2v) is 4.68. The molecule has 5 nitrogen and oxygen atoms in total. The van der Waals surface area contributed by atoms with E-state index in [1.165, 1.54) is 12.2 Å². The molecule has 0 spiro atoms. The van der Waals surface area contributed by atoms with Crippen LogP contribution in [0.4, 0.5) is 5.69 Å². The van der Waals surface area contributed by atoms with Crippen molar-refractivity contribution < 1.29 is 19.4 Å². The molecule has 0 aliphatic carbocycles. The topological polar surface area (TPSA) is 75.6 Å². The van der Waals surface area contributed by atoms with E-state index in [0.29, 0.717) is 23.4 Å². The molecule has 0 unspecified atom stereocenters. The van der Waals surface area contributed by atoms with Gasteiger partial charge in [-0.15, -0.1) is 0 Å². The molecule has 2 N–H and O–H groups in total. The highest BCUT2D eigenvalue weighted by atomic mass is 16.5. The number of rotatable bonds is 5. The second-order valence-electron chi connectivity index (χ2n) is 4.68. The van der Waals surface area contributed by atoms with E-state index >= 15 is 0 Å². The van der Waals surface area contributed by atoms with E-state index in [0.717, 1.165) is 0 Å². The summed E-state index contributed by atoms with van der Waals surface area (Å²) in [5, 5.41) is 12.3. The number of nitrogens with one attached hydrogen (secondary N) is 1. The minimum Gasteiger partial charge on any atom is -0.507 e. The molecule has 0 aliphatic rings. The molecule has 0 bridgehead atoms. The summed E-state index contributed by atoms with van der Waals surface area (Å²) in [5.74, 6) is -0.627. The minimum absolute atomic E-state index is 0.107. The summed E-state index contributed by atoms with van der Waals surface area (Å²) in [6, 6.07) is 13.1. The summed E-state index contributed by atoms with van der Waals surface area (Å²) >= 11 is 0. The van der Waals surface area contributed by atoms with E-state index in [2.05, 4.69) is 5.32 Å². The van der Waals surface area contributed by atoms with Crippen LogP contribution in [0.15, 0.2) is 54.6 Å². The zero-order valence-electron chi connectivity index (χ0n) is 12.7. The average Bonchev–Trinajstić information content (AvgIpc) is 2.55. The predicted molar refractivity (Wildman–Crippen MR) is 88.2 cm³/mol. The highest BCUT2D eigenvalue weighted by Crippen LogP contribution is 2.17. The Bertz CT molecular complexity index is 720.